The highest BCUT2D eigenvalue weighted by Gasteiger charge is 2.37. The largest absolute Gasteiger partial charge is 0.458 e. The number of carbonyl (C=O) groups is 2. The van der Waals surface area contributed by atoms with Crippen LogP contribution in [0.25, 0.3) is 21.9 Å². The van der Waals surface area contributed by atoms with Crippen molar-refractivity contribution in [2.24, 2.45) is 0 Å². The zero-order valence-corrected chi connectivity index (χ0v) is 27.5. The Morgan fingerprint density at radius 3 is 2.56 bits per heavy atom. The quantitative estimate of drug-likeness (QED) is 0.119. The number of imidazole rings is 1. The van der Waals surface area contributed by atoms with Crippen LogP contribution in [0.4, 0.5) is 20.6 Å². The summed E-state index contributed by atoms with van der Waals surface area (Å²) in [6, 6.07) is 15.3. The number of esters is 1. The number of benzene rings is 3. The molecule has 0 bridgehead atoms. The minimum atomic E-state index is -0.836. The number of halogens is 2. The Balaban J connectivity index is 1.41. The maximum absolute atomic E-state index is 14.8. The molecule has 1 N–H and O–H groups in total. The lowest BCUT2D eigenvalue weighted by atomic mass is 10.00. The highest BCUT2D eigenvalue weighted by Crippen LogP contribution is 2.37. The van der Waals surface area contributed by atoms with Crippen molar-refractivity contribution in [3.63, 3.8) is 0 Å². The molecule has 0 aliphatic carbocycles. The number of anilines is 1. The third-order valence-corrected chi connectivity index (χ3v) is 8.60. The molecule has 2 atom stereocenters. The Hall–Kier alpha value is -5.17. The molecule has 12 nitrogen and oxygen atoms in total. The second-order valence-corrected chi connectivity index (χ2v) is 13.2. The highest BCUT2D eigenvalue weighted by atomic mass is 35.5. The van der Waals surface area contributed by atoms with Crippen molar-refractivity contribution in [3.05, 3.63) is 99.0 Å². The van der Waals surface area contributed by atoms with Crippen LogP contribution in [0, 0.1) is 21.3 Å². The fraction of sp³-hybridized carbons (Fsp3) is 0.324. The Morgan fingerprint density at radius 2 is 1.85 bits per heavy atom. The Kier molecular flexibility index (Phi) is 8.50. The van der Waals surface area contributed by atoms with E-state index >= 15 is 0 Å². The lowest BCUT2D eigenvalue weighted by Crippen LogP contribution is -2.49. The van der Waals surface area contributed by atoms with Crippen molar-refractivity contribution < 1.29 is 28.4 Å². The molecule has 0 saturated carbocycles. The maximum atomic E-state index is 14.8. The highest BCUT2D eigenvalue weighted by molar-refractivity contribution is 6.31. The standard InChI is InChI=1S/C34H34ClFN6O6/c1-20(43)47-31-19-38(29-16-22(35)8-10-27(29)42(45)46)14-13-28(31)41-30-17-23(36)9-11-26(30)40(32(41)37)18-21-6-5-7-25-24(21)12-15-39(25)33(44)48-34(2,3)4/h5-12,15-17,28,31,37H,13-14,18-19H2,1-4H3/t28?,31-/m0/s1. The minimum absolute atomic E-state index is 0.0449. The van der Waals surface area contributed by atoms with E-state index in [9.17, 15) is 29.5 Å². The molecule has 1 aliphatic rings. The molecule has 6 rings (SSSR count). The average molecular weight is 677 g/mol. The molecule has 1 fully saturated rings. The number of nitrogens with one attached hydrogen (secondary N) is 1. The van der Waals surface area contributed by atoms with Gasteiger partial charge in [0.25, 0.3) is 5.69 Å². The first kappa shape index (κ1) is 32.8. The molecule has 0 amide bonds. The van der Waals surface area contributed by atoms with Gasteiger partial charge in [0.15, 0.2) is 0 Å². The number of carbonyl (C=O) groups excluding carboxylic acids is 2. The lowest BCUT2D eigenvalue weighted by molar-refractivity contribution is -0.384. The Labute approximate surface area is 279 Å². The van der Waals surface area contributed by atoms with E-state index in [1.54, 1.807) is 47.1 Å². The van der Waals surface area contributed by atoms with E-state index in [0.717, 1.165) is 10.9 Å². The number of nitro groups is 1. The molecule has 3 heterocycles. The van der Waals surface area contributed by atoms with Gasteiger partial charge in [-0.1, -0.05) is 23.7 Å². The van der Waals surface area contributed by atoms with Gasteiger partial charge in [0.2, 0.25) is 5.62 Å². The van der Waals surface area contributed by atoms with E-state index in [4.69, 9.17) is 21.1 Å². The SMILES string of the molecule is CC(=O)O[C@H]1CN(c2cc(Cl)ccc2[N+](=O)[O-])CCC1n1c(=N)n(Cc2cccc3c2ccn3C(=O)OC(C)(C)C)c2ccc(F)cc21. The van der Waals surface area contributed by atoms with Gasteiger partial charge in [-0.2, -0.15) is 0 Å². The molecule has 0 radical (unpaired) electrons. The van der Waals surface area contributed by atoms with Gasteiger partial charge in [0, 0.05) is 36.1 Å². The summed E-state index contributed by atoms with van der Waals surface area (Å²) >= 11 is 6.21. The molecular weight excluding hydrogens is 643 g/mol. The predicted octanol–water partition coefficient (Wildman–Crippen LogP) is 6.79. The first-order chi connectivity index (χ1) is 22.7. The van der Waals surface area contributed by atoms with Crippen molar-refractivity contribution in [1.82, 2.24) is 13.7 Å². The second-order valence-electron chi connectivity index (χ2n) is 12.8. The third kappa shape index (κ3) is 6.25. The van der Waals surface area contributed by atoms with Gasteiger partial charge in [-0.05, 0) is 75.2 Å². The molecule has 2 aromatic heterocycles. The van der Waals surface area contributed by atoms with Crippen molar-refractivity contribution in [2.45, 2.75) is 58.4 Å². The van der Waals surface area contributed by atoms with Gasteiger partial charge in [0.1, 0.15) is 23.2 Å². The number of aromatic nitrogens is 3. The molecule has 48 heavy (non-hydrogen) atoms. The normalized spacial score (nSPS) is 16.8. The molecule has 5 aromatic rings. The van der Waals surface area contributed by atoms with Gasteiger partial charge in [0.05, 0.1) is 40.6 Å². The smallest absolute Gasteiger partial charge is 0.418 e. The molecule has 250 valence electrons. The van der Waals surface area contributed by atoms with Crippen molar-refractivity contribution >= 4 is 57.0 Å². The summed E-state index contributed by atoms with van der Waals surface area (Å²) < 4.78 is 31.0. The number of piperidine rings is 1. The summed E-state index contributed by atoms with van der Waals surface area (Å²) in [7, 11) is 0. The van der Waals surface area contributed by atoms with E-state index in [1.807, 2.05) is 24.3 Å². The molecule has 1 saturated heterocycles. The summed E-state index contributed by atoms with van der Waals surface area (Å²) in [5.41, 5.74) is 1.99. The van der Waals surface area contributed by atoms with Crippen LogP contribution >= 0.6 is 11.6 Å². The molecule has 1 aliphatic heterocycles. The van der Waals surface area contributed by atoms with E-state index in [0.29, 0.717) is 40.2 Å². The van der Waals surface area contributed by atoms with Crippen LogP contribution < -0.4 is 10.5 Å². The van der Waals surface area contributed by atoms with Gasteiger partial charge >= 0.3 is 12.1 Å². The van der Waals surface area contributed by atoms with Gasteiger partial charge in [-0.25, -0.2) is 9.18 Å². The van der Waals surface area contributed by atoms with Crippen molar-refractivity contribution in [3.8, 4) is 0 Å². The number of fused-ring (bicyclic) bond motifs is 2. The molecule has 1 unspecified atom stereocenters. The van der Waals surface area contributed by atoms with Crippen LogP contribution in [0.3, 0.4) is 0 Å². The molecule has 0 spiro atoms. The lowest BCUT2D eigenvalue weighted by Gasteiger charge is -2.39. The van der Waals surface area contributed by atoms with Gasteiger partial charge in [-0.3, -0.25) is 24.9 Å². The minimum Gasteiger partial charge on any atom is -0.458 e. The summed E-state index contributed by atoms with van der Waals surface area (Å²) in [5.74, 6) is -1.06. The maximum Gasteiger partial charge on any atom is 0.418 e. The summed E-state index contributed by atoms with van der Waals surface area (Å²) in [6.45, 7) is 7.28. The van der Waals surface area contributed by atoms with Crippen LogP contribution in [0.5, 0.6) is 0 Å². The van der Waals surface area contributed by atoms with Gasteiger partial charge in [-0.15, -0.1) is 0 Å². The number of nitro benzene ring substituents is 1. The van der Waals surface area contributed by atoms with E-state index in [-0.39, 0.29) is 24.4 Å². The number of hydrogen-bond acceptors (Lipinski definition) is 8. The molecular formula is C34H34ClFN6O6. The molecule has 3 aromatic carbocycles. The Morgan fingerprint density at radius 1 is 1.08 bits per heavy atom. The van der Waals surface area contributed by atoms with E-state index < -0.39 is 40.5 Å². The topological polar surface area (TPSA) is 138 Å². The fourth-order valence-corrected chi connectivity index (χ4v) is 6.60. The zero-order valence-electron chi connectivity index (χ0n) is 26.8. The average Bonchev–Trinajstić information content (AvgIpc) is 3.55. The summed E-state index contributed by atoms with van der Waals surface area (Å²) in [6.07, 6.45) is 0.621. The first-order valence-corrected chi connectivity index (χ1v) is 15.7. The number of hydrogen-bond donors (Lipinski definition) is 1. The van der Waals surface area contributed by atoms with E-state index in [2.05, 4.69) is 0 Å². The molecule has 14 heteroatoms. The van der Waals surface area contributed by atoms with Crippen LogP contribution in [-0.4, -0.2) is 55.5 Å². The number of rotatable bonds is 6. The zero-order chi connectivity index (χ0) is 34.5. The predicted molar refractivity (Wildman–Crippen MR) is 178 cm³/mol. The van der Waals surface area contributed by atoms with E-state index in [1.165, 1.54) is 41.8 Å². The third-order valence-electron chi connectivity index (χ3n) is 8.36. The number of ether oxygens (including phenoxy) is 2. The van der Waals surface area contributed by atoms with Gasteiger partial charge < -0.3 is 23.5 Å². The van der Waals surface area contributed by atoms with Crippen LogP contribution in [0.2, 0.25) is 5.02 Å². The first-order valence-electron chi connectivity index (χ1n) is 15.3. The van der Waals surface area contributed by atoms with Crippen LogP contribution in [0.15, 0.2) is 66.9 Å². The second kappa shape index (κ2) is 12.5. The number of nitrogens with zero attached hydrogens (tertiary/aromatic N) is 5. The fourth-order valence-electron chi connectivity index (χ4n) is 6.43. The van der Waals surface area contributed by atoms with Crippen LogP contribution in [-0.2, 0) is 20.8 Å². The van der Waals surface area contributed by atoms with Crippen molar-refractivity contribution in [2.75, 3.05) is 18.0 Å². The monoisotopic (exact) mass is 676 g/mol. The Bertz CT molecular complexity index is 2150. The summed E-state index contributed by atoms with van der Waals surface area (Å²) in [5, 5.41) is 22.3. The van der Waals surface area contributed by atoms with Crippen molar-refractivity contribution in [1.29, 1.82) is 5.41 Å². The summed E-state index contributed by atoms with van der Waals surface area (Å²) in [4.78, 5) is 38.3. The van der Waals surface area contributed by atoms with Crippen LogP contribution in [0.1, 0.15) is 45.7 Å².